The van der Waals surface area contributed by atoms with Crippen molar-refractivity contribution in [2.45, 2.75) is 6.42 Å². The van der Waals surface area contributed by atoms with Crippen LogP contribution >= 0.6 is 23.2 Å². The van der Waals surface area contributed by atoms with Gasteiger partial charge in [-0.3, -0.25) is 9.59 Å². The van der Waals surface area contributed by atoms with Crippen molar-refractivity contribution in [1.29, 1.82) is 0 Å². The summed E-state index contributed by atoms with van der Waals surface area (Å²) in [4.78, 5) is 25.6. The number of benzene rings is 2. The zero-order valence-electron chi connectivity index (χ0n) is 12.8. The highest BCUT2D eigenvalue weighted by Crippen LogP contribution is 2.25. The van der Waals surface area contributed by atoms with E-state index < -0.39 is 0 Å². The van der Waals surface area contributed by atoms with E-state index in [4.69, 9.17) is 23.2 Å². The van der Waals surface area contributed by atoms with Crippen LogP contribution in [0.25, 0.3) is 0 Å². The number of nitrogens with zero attached hydrogens (tertiary/aromatic N) is 1. The Hall–Kier alpha value is -2.04. The zero-order valence-corrected chi connectivity index (χ0v) is 14.3. The number of halogens is 2. The van der Waals surface area contributed by atoms with Crippen molar-refractivity contribution in [3.63, 3.8) is 0 Å². The molecule has 0 spiro atoms. The van der Waals surface area contributed by atoms with Gasteiger partial charge in [0, 0.05) is 35.4 Å². The molecule has 0 fully saturated rings. The Kier molecular flexibility index (Phi) is 5.64. The summed E-state index contributed by atoms with van der Waals surface area (Å²) in [6.45, 7) is 0. The fourth-order valence-electron chi connectivity index (χ4n) is 2.06. The summed E-state index contributed by atoms with van der Waals surface area (Å²) in [5, 5.41) is 3.65. The number of anilines is 1. The quantitative estimate of drug-likeness (QED) is 0.909. The maximum Gasteiger partial charge on any atom is 0.253 e. The molecule has 23 heavy (non-hydrogen) atoms. The molecule has 120 valence electrons. The lowest BCUT2D eigenvalue weighted by Crippen LogP contribution is -2.22. The van der Waals surface area contributed by atoms with Gasteiger partial charge in [0.1, 0.15) is 0 Å². The first-order chi connectivity index (χ1) is 10.9. The maximum absolute atomic E-state index is 12.2. The number of hydrogen-bond donors (Lipinski definition) is 1. The Morgan fingerprint density at radius 3 is 2.26 bits per heavy atom. The minimum absolute atomic E-state index is 0.0599. The largest absolute Gasteiger partial charge is 0.345 e. The van der Waals surface area contributed by atoms with E-state index in [9.17, 15) is 9.59 Å². The van der Waals surface area contributed by atoms with Crippen molar-refractivity contribution in [3.8, 4) is 0 Å². The van der Waals surface area contributed by atoms with Crippen molar-refractivity contribution in [2.75, 3.05) is 19.4 Å². The average Bonchev–Trinajstić information content (AvgIpc) is 2.50. The van der Waals surface area contributed by atoms with Gasteiger partial charge >= 0.3 is 0 Å². The van der Waals surface area contributed by atoms with Gasteiger partial charge in [0.2, 0.25) is 5.91 Å². The predicted molar refractivity (Wildman–Crippen MR) is 93.3 cm³/mol. The van der Waals surface area contributed by atoms with Crippen molar-refractivity contribution >= 4 is 40.7 Å². The molecular formula is C17H16Cl2N2O2. The summed E-state index contributed by atoms with van der Waals surface area (Å²) in [5.41, 5.74) is 1.63. The second kappa shape index (κ2) is 7.49. The van der Waals surface area contributed by atoms with Crippen LogP contribution in [0.5, 0.6) is 0 Å². The molecule has 0 aliphatic rings. The van der Waals surface area contributed by atoms with Crippen LogP contribution in [0, 0.1) is 0 Å². The fraction of sp³-hybridized carbons (Fsp3) is 0.176. The lowest BCUT2D eigenvalue weighted by Gasteiger charge is -2.12. The van der Waals surface area contributed by atoms with E-state index >= 15 is 0 Å². The van der Waals surface area contributed by atoms with E-state index in [-0.39, 0.29) is 18.2 Å². The van der Waals surface area contributed by atoms with Gasteiger partial charge in [-0.2, -0.15) is 0 Å². The van der Waals surface area contributed by atoms with E-state index in [1.807, 2.05) is 0 Å². The Morgan fingerprint density at radius 2 is 1.65 bits per heavy atom. The summed E-state index contributed by atoms with van der Waals surface area (Å²) in [5.74, 6) is -0.385. The summed E-state index contributed by atoms with van der Waals surface area (Å²) in [6.07, 6.45) is 0.0599. The zero-order chi connectivity index (χ0) is 17.0. The monoisotopic (exact) mass is 350 g/mol. The van der Waals surface area contributed by atoms with Crippen molar-refractivity contribution in [1.82, 2.24) is 4.90 Å². The first kappa shape index (κ1) is 17.3. The summed E-state index contributed by atoms with van der Waals surface area (Å²) in [6, 6.07) is 11.9. The van der Waals surface area contributed by atoms with Crippen LogP contribution in [0.4, 0.5) is 5.69 Å². The topological polar surface area (TPSA) is 49.4 Å². The second-order valence-corrected chi connectivity index (χ2v) is 6.02. The number of carbonyl (C=O) groups excluding carboxylic acids is 2. The van der Waals surface area contributed by atoms with Gasteiger partial charge in [-0.1, -0.05) is 35.3 Å². The van der Waals surface area contributed by atoms with Gasteiger partial charge in [0.05, 0.1) is 6.42 Å². The first-order valence-electron chi connectivity index (χ1n) is 6.93. The molecule has 0 aliphatic carbocycles. The summed E-state index contributed by atoms with van der Waals surface area (Å²) >= 11 is 12.1. The molecule has 0 aliphatic heterocycles. The molecule has 2 aromatic carbocycles. The van der Waals surface area contributed by atoms with Crippen LogP contribution in [0.15, 0.2) is 42.5 Å². The third-order valence-corrected chi connectivity index (χ3v) is 3.91. The van der Waals surface area contributed by atoms with E-state index in [1.165, 1.54) is 4.90 Å². The summed E-state index contributed by atoms with van der Waals surface area (Å²) < 4.78 is 0. The maximum atomic E-state index is 12.2. The van der Waals surface area contributed by atoms with Crippen LogP contribution in [-0.4, -0.2) is 30.8 Å². The molecule has 2 rings (SSSR count). The molecule has 0 saturated heterocycles. The van der Waals surface area contributed by atoms with Gasteiger partial charge in [-0.15, -0.1) is 0 Å². The van der Waals surface area contributed by atoms with Gasteiger partial charge in [0.25, 0.3) is 5.91 Å². The minimum Gasteiger partial charge on any atom is -0.345 e. The number of carbonyl (C=O) groups is 2. The Balaban J connectivity index is 2.12. The molecule has 2 aromatic rings. The van der Waals surface area contributed by atoms with Gasteiger partial charge in [-0.05, 0) is 35.9 Å². The molecular weight excluding hydrogens is 335 g/mol. The molecule has 6 heteroatoms. The first-order valence-corrected chi connectivity index (χ1v) is 7.68. The van der Waals surface area contributed by atoms with Crippen molar-refractivity contribution in [2.24, 2.45) is 0 Å². The van der Waals surface area contributed by atoms with E-state index in [2.05, 4.69) is 5.32 Å². The highest BCUT2D eigenvalue weighted by atomic mass is 35.5. The standard InChI is InChI=1S/C17H16Cl2N2O2/c1-21(2)17(23)11-5-3-6-12(9-11)20-16(22)10-13-14(18)7-4-8-15(13)19/h3-9H,10H2,1-2H3,(H,20,22). The minimum atomic E-state index is -0.255. The third kappa shape index (κ3) is 4.47. The molecule has 0 radical (unpaired) electrons. The van der Waals surface area contributed by atoms with Gasteiger partial charge < -0.3 is 10.2 Å². The molecule has 0 unspecified atom stereocenters. The molecule has 1 N–H and O–H groups in total. The van der Waals surface area contributed by atoms with Crippen LogP contribution in [0.3, 0.4) is 0 Å². The third-order valence-electron chi connectivity index (χ3n) is 3.20. The molecule has 0 atom stereocenters. The van der Waals surface area contributed by atoms with Crippen molar-refractivity contribution < 1.29 is 9.59 Å². The SMILES string of the molecule is CN(C)C(=O)c1cccc(NC(=O)Cc2c(Cl)cccc2Cl)c1. The van der Waals surface area contributed by atoms with Gasteiger partial charge in [-0.25, -0.2) is 0 Å². The Labute approximate surface area is 145 Å². The highest BCUT2D eigenvalue weighted by molar-refractivity contribution is 6.36. The van der Waals surface area contributed by atoms with Crippen LogP contribution in [0.1, 0.15) is 15.9 Å². The Morgan fingerprint density at radius 1 is 1.04 bits per heavy atom. The smallest absolute Gasteiger partial charge is 0.253 e. The Bertz CT molecular complexity index is 725. The number of nitrogens with one attached hydrogen (secondary N) is 1. The fourth-order valence-corrected chi connectivity index (χ4v) is 2.59. The highest BCUT2D eigenvalue weighted by Gasteiger charge is 2.12. The lowest BCUT2D eigenvalue weighted by molar-refractivity contribution is -0.115. The summed E-state index contributed by atoms with van der Waals surface area (Å²) in [7, 11) is 3.35. The van der Waals surface area contributed by atoms with Crippen LogP contribution < -0.4 is 5.32 Å². The molecule has 0 aromatic heterocycles. The molecule has 2 amide bonds. The second-order valence-electron chi connectivity index (χ2n) is 5.21. The van der Waals surface area contributed by atoms with E-state index in [1.54, 1.807) is 56.6 Å². The lowest BCUT2D eigenvalue weighted by atomic mass is 10.1. The van der Waals surface area contributed by atoms with E-state index in [0.29, 0.717) is 26.9 Å². The van der Waals surface area contributed by atoms with E-state index in [0.717, 1.165) is 0 Å². The number of hydrogen-bond acceptors (Lipinski definition) is 2. The number of amides is 2. The van der Waals surface area contributed by atoms with Crippen LogP contribution in [0.2, 0.25) is 10.0 Å². The number of rotatable bonds is 4. The predicted octanol–water partition coefficient (Wildman–Crippen LogP) is 3.88. The molecule has 4 nitrogen and oxygen atoms in total. The van der Waals surface area contributed by atoms with Gasteiger partial charge in [0.15, 0.2) is 0 Å². The molecule has 0 heterocycles. The average molecular weight is 351 g/mol. The van der Waals surface area contributed by atoms with Crippen molar-refractivity contribution in [3.05, 3.63) is 63.6 Å². The van der Waals surface area contributed by atoms with Crippen LogP contribution in [-0.2, 0) is 11.2 Å². The molecule has 0 bridgehead atoms. The molecule has 0 saturated carbocycles. The normalized spacial score (nSPS) is 10.3.